The van der Waals surface area contributed by atoms with Gasteiger partial charge in [-0.25, -0.2) is 0 Å². The topological polar surface area (TPSA) is 60.9 Å². The second-order valence-electron chi connectivity index (χ2n) is 2.22. The zero-order chi connectivity index (χ0) is 8.59. The fraction of sp³-hybridized carbons (Fsp3) is 0.333. The third-order valence-corrected chi connectivity index (χ3v) is 2.30. The van der Waals surface area contributed by atoms with E-state index in [0.717, 1.165) is 5.69 Å². The number of aryl methyl sites for hydroxylation is 1. The Kier molecular flexibility index (Phi) is 1.99. The average Bonchev–Trinajstić information content (AvgIpc) is 2.17. The van der Waals surface area contributed by atoms with Crippen LogP contribution in [0.3, 0.4) is 0 Å². The lowest BCUT2D eigenvalue weighted by Gasteiger charge is -1.94. The molecule has 60 valence electrons. The van der Waals surface area contributed by atoms with Crippen molar-refractivity contribution in [2.75, 3.05) is 5.73 Å². The molecule has 1 aromatic heterocycles. The van der Waals surface area contributed by atoms with Crippen molar-refractivity contribution in [3.8, 4) is 0 Å². The second-order valence-corrected chi connectivity index (χ2v) is 3.01. The summed E-state index contributed by atoms with van der Waals surface area (Å²) in [5.74, 6) is 0.173. The van der Waals surface area contributed by atoms with Gasteiger partial charge in [0.15, 0.2) is 0 Å². The van der Waals surface area contributed by atoms with Gasteiger partial charge < -0.3 is 5.73 Å². The normalized spacial score (nSPS) is 10.1. The number of carbonyl (C=O) groups excluding carboxylic acids is 1. The number of anilines is 1. The van der Waals surface area contributed by atoms with Gasteiger partial charge in [0.1, 0.15) is 5.82 Å². The summed E-state index contributed by atoms with van der Waals surface area (Å²) >= 11 is 3.21. The van der Waals surface area contributed by atoms with E-state index in [1.807, 2.05) is 0 Å². The van der Waals surface area contributed by atoms with E-state index >= 15 is 0 Å². The molecule has 0 atom stereocenters. The lowest BCUT2D eigenvalue weighted by molar-refractivity contribution is 0.0923. The van der Waals surface area contributed by atoms with E-state index < -0.39 is 0 Å². The van der Waals surface area contributed by atoms with Crippen LogP contribution in [0.1, 0.15) is 17.4 Å². The summed E-state index contributed by atoms with van der Waals surface area (Å²) in [5.41, 5.74) is 6.26. The summed E-state index contributed by atoms with van der Waals surface area (Å²) in [4.78, 5) is 10.8. The van der Waals surface area contributed by atoms with Crippen LogP contribution in [0.4, 0.5) is 5.82 Å². The van der Waals surface area contributed by atoms with Crippen molar-refractivity contribution in [1.82, 2.24) is 9.78 Å². The van der Waals surface area contributed by atoms with Crippen molar-refractivity contribution < 1.29 is 4.79 Å². The van der Waals surface area contributed by atoms with E-state index in [4.69, 9.17) is 5.73 Å². The number of halogens is 1. The Labute approximate surface area is 72.5 Å². The molecular weight excluding hydrogens is 210 g/mol. The first-order valence-electron chi connectivity index (χ1n) is 3.05. The maximum Gasteiger partial charge on any atom is 0.245 e. The Morgan fingerprint density at radius 2 is 2.27 bits per heavy atom. The van der Waals surface area contributed by atoms with Gasteiger partial charge >= 0.3 is 0 Å². The van der Waals surface area contributed by atoms with Crippen LogP contribution < -0.4 is 5.73 Å². The lowest BCUT2D eigenvalue weighted by atomic mass is 10.5. The molecule has 0 radical (unpaired) electrons. The number of carbonyl (C=O) groups is 1. The van der Waals surface area contributed by atoms with Gasteiger partial charge in [0.25, 0.3) is 0 Å². The number of rotatable bonds is 0. The summed E-state index contributed by atoms with van der Waals surface area (Å²) in [6, 6.07) is 0. The fourth-order valence-corrected chi connectivity index (χ4v) is 1.01. The molecule has 0 unspecified atom stereocenters. The number of hydrogen-bond acceptors (Lipinski definition) is 3. The predicted octanol–water partition coefficient (Wildman–Crippen LogP) is 1.20. The Morgan fingerprint density at radius 1 is 1.73 bits per heavy atom. The minimum Gasteiger partial charge on any atom is -0.383 e. The summed E-state index contributed by atoms with van der Waals surface area (Å²) in [7, 11) is 0. The first-order chi connectivity index (χ1) is 5.04. The molecule has 0 bridgehead atoms. The molecule has 11 heavy (non-hydrogen) atoms. The molecule has 0 fully saturated rings. The van der Waals surface area contributed by atoms with Crippen LogP contribution in [-0.4, -0.2) is 15.7 Å². The molecule has 0 aliphatic rings. The molecule has 0 amide bonds. The van der Waals surface area contributed by atoms with E-state index in [-0.39, 0.29) is 5.91 Å². The van der Waals surface area contributed by atoms with Crippen molar-refractivity contribution in [2.24, 2.45) is 0 Å². The molecule has 0 spiro atoms. The van der Waals surface area contributed by atoms with Gasteiger partial charge in [-0.2, -0.15) is 9.78 Å². The van der Waals surface area contributed by atoms with Crippen LogP contribution in [0.25, 0.3) is 0 Å². The summed E-state index contributed by atoms with van der Waals surface area (Å²) in [6.07, 6.45) is 0. The Bertz CT molecular complexity index is 305. The molecule has 1 heterocycles. The maximum atomic E-state index is 10.8. The molecule has 5 heteroatoms. The van der Waals surface area contributed by atoms with E-state index in [9.17, 15) is 4.79 Å². The number of aromatic nitrogens is 2. The first kappa shape index (κ1) is 8.26. The highest BCUT2D eigenvalue weighted by Gasteiger charge is 2.11. The van der Waals surface area contributed by atoms with E-state index in [1.54, 1.807) is 6.92 Å². The van der Waals surface area contributed by atoms with Crippen molar-refractivity contribution in [1.29, 1.82) is 0 Å². The van der Waals surface area contributed by atoms with Crippen molar-refractivity contribution in [2.45, 2.75) is 13.8 Å². The molecule has 0 saturated heterocycles. The van der Waals surface area contributed by atoms with Gasteiger partial charge in [0, 0.05) is 6.92 Å². The third kappa shape index (κ3) is 1.28. The Balaban J connectivity index is 3.29. The second kappa shape index (κ2) is 2.65. The monoisotopic (exact) mass is 217 g/mol. The van der Waals surface area contributed by atoms with Gasteiger partial charge in [0.2, 0.25) is 5.91 Å². The largest absolute Gasteiger partial charge is 0.383 e. The molecule has 0 saturated carbocycles. The standard InChI is InChI=1S/C6H8BrN3O/c1-3-5(7)6(8)10(9-3)4(2)11/h8H2,1-2H3. The minimum atomic E-state index is -0.184. The highest BCUT2D eigenvalue weighted by atomic mass is 79.9. The van der Waals surface area contributed by atoms with E-state index in [2.05, 4.69) is 21.0 Å². The molecule has 4 nitrogen and oxygen atoms in total. The molecule has 0 aromatic carbocycles. The van der Waals surface area contributed by atoms with Crippen LogP contribution in [0, 0.1) is 6.92 Å². The minimum absolute atomic E-state index is 0.184. The summed E-state index contributed by atoms with van der Waals surface area (Å²) in [6.45, 7) is 3.19. The number of nitrogens with two attached hydrogens (primary N) is 1. The average molecular weight is 218 g/mol. The lowest BCUT2D eigenvalue weighted by Crippen LogP contribution is -2.10. The molecule has 1 rings (SSSR count). The molecular formula is C6H8BrN3O. The zero-order valence-corrected chi connectivity index (χ0v) is 7.84. The van der Waals surface area contributed by atoms with Crippen LogP contribution in [0.2, 0.25) is 0 Å². The van der Waals surface area contributed by atoms with Gasteiger partial charge in [0.05, 0.1) is 10.2 Å². The van der Waals surface area contributed by atoms with Crippen LogP contribution in [-0.2, 0) is 0 Å². The van der Waals surface area contributed by atoms with Gasteiger partial charge in [-0.3, -0.25) is 4.79 Å². The molecule has 0 aliphatic carbocycles. The van der Waals surface area contributed by atoms with Gasteiger partial charge in [-0.05, 0) is 22.9 Å². The molecule has 1 aromatic rings. The summed E-state index contributed by atoms with van der Waals surface area (Å²) < 4.78 is 1.85. The van der Waals surface area contributed by atoms with E-state index in [0.29, 0.717) is 10.3 Å². The van der Waals surface area contributed by atoms with Crippen LogP contribution >= 0.6 is 15.9 Å². The van der Waals surface area contributed by atoms with Crippen molar-refractivity contribution >= 4 is 27.7 Å². The molecule has 2 N–H and O–H groups in total. The van der Waals surface area contributed by atoms with Crippen molar-refractivity contribution in [3.63, 3.8) is 0 Å². The van der Waals surface area contributed by atoms with Crippen LogP contribution in [0.15, 0.2) is 4.47 Å². The quantitative estimate of drug-likeness (QED) is 0.711. The summed E-state index contributed by atoms with van der Waals surface area (Å²) in [5, 5.41) is 3.90. The van der Waals surface area contributed by atoms with Crippen molar-refractivity contribution in [3.05, 3.63) is 10.2 Å². The smallest absolute Gasteiger partial charge is 0.245 e. The van der Waals surface area contributed by atoms with Gasteiger partial charge in [-0.1, -0.05) is 0 Å². The van der Waals surface area contributed by atoms with E-state index in [1.165, 1.54) is 11.6 Å². The maximum absolute atomic E-state index is 10.8. The number of hydrogen-bond donors (Lipinski definition) is 1. The number of nitrogen functional groups attached to an aromatic ring is 1. The SMILES string of the molecule is CC(=O)n1nc(C)c(Br)c1N. The van der Waals surface area contributed by atoms with Gasteiger partial charge in [-0.15, -0.1) is 0 Å². The highest BCUT2D eigenvalue weighted by molar-refractivity contribution is 9.10. The number of nitrogens with zero attached hydrogens (tertiary/aromatic N) is 2. The third-order valence-electron chi connectivity index (χ3n) is 1.32. The highest BCUT2D eigenvalue weighted by Crippen LogP contribution is 2.22. The van der Waals surface area contributed by atoms with Crippen LogP contribution in [0.5, 0.6) is 0 Å². The zero-order valence-electron chi connectivity index (χ0n) is 6.26. The Morgan fingerprint density at radius 3 is 2.45 bits per heavy atom. The predicted molar refractivity (Wildman–Crippen MR) is 45.4 cm³/mol. The fourth-order valence-electron chi connectivity index (χ4n) is 0.766. The first-order valence-corrected chi connectivity index (χ1v) is 3.85. The molecule has 0 aliphatic heterocycles. The Hall–Kier alpha value is -0.840.